The van der Waals surface area contributed by atoms with Crippen LogP contribution in [0.2, 0.25) is 0 Å². The predicted molar refractivity (Wildman–Crippen MR) is 63.7 cm³/mol. The van der Waals surface area contributed by atoms with E-state index < -0.39 is 0 Å². The summed E-state index contributed by atoms with van der Waals surface area (Å²) < 4.78 is 2.00. The van der Waals surface area contributed by atoms with E-state index in [1.54, 1.807) is 17.4 Å². The molecule has 1 atom stereocenters. The summed E-state index contributed by atoms with van der Waals surface area (Å²) in [5, 5.41) is 3.42. The van der Waals surface area contributed by atoms with Crippen LogP contribution in [0.1, 0.15) is 6.92 Å². The van der Waals surface area contributed by atoms with Gasteiger partial charge in [0, 0.05) is 25.5 Å². The molecule has 86 valence electrons. The average Bonchev–Trinajstić information content (AvgIpc) is 2.83. The van der Waals surface area contributed by atoms with Crippen molar-refractivity contribution in [1.29, 1.82) is 0 Å². The minimum Gasteiger partial charge on any atom is -0.353 e. The van der Waals surface area contributed by atoms with Crippen molar-refractivity contribution in [3.63, 3.8) is 0 Å². The molecule has 0 aliphatic carbocycles. The molecule has 5 nitrogen and oxygen atoms in total. The van der Waals surface area contributed by atoms with E-state index in [-0.39, 0.29) is 5.91 Å². The molecule has 16 heavy (non-hydrogen) atoms. The van der Waals surface area contributed by atoms with Gasteiger partial charge in [-0.3, -0.25) is 9.69 Å². The molecule has 2 heterocycles. The Morgan fingerprint density at radius 2 is 2.44 bits per heavy atom. The van der Waals surface area contributed by atoms with Gasteiger partial charge in [0.25, 0.3) is 0 Å². The average molecular weight is 238 g/mol. The van der Waals surface area contributed by atoms with Gasteiger partial charge in [0.2, 0.25) is 5.91 Å². The van der Waals surface area contributed by atoms with E-state index in [9.17, 15) is 4.79 Å². The summed E-state index contributed by atoms with van der Waals surface area (Å²) in [4.78, 5) is 17.1. The number of amides is 1. The Morgan fingerprint density at radius 1 is 1.62 bits per heavy atom. The van der Waals surface area contributed by atoms with Gasteiger partial charge in [-0.1, -0.05) is 6.92 Å². The van der Waals surface area contributed by atoms with Crippen molar-refractivity contribution >= 4 is 23.2 Å². The number of hydrogen-bond acceptors (Lipinski definition) is 3. The van der Waals surface area contributed by atoms with Crippen LogP contribution in [-0.4, -0.2) is 38.6 Å². The molecule has 1 aliphatic heterocycles. The van der Waals surface area contributed by atoms with Crippen LogP contribution in [0, 0.1) is 5.92 Å². The maximum absolute atomic E-state index is 11.5. The molecule has 1 amide bonds. The second-order valence-corrected chi connectivity index (χ2v) is 4.41. The van der Waals surface area contributed by atoms with E-state index >= 15 is 0 Å². The molecule has 0 aromatic carbocycles. The Morgan fingerprint density at radius 3 is 3.00 bits per heavy atom. The largest absolute Gasteiger partial charge is 0.353 e. The number of aromatic nitrogens is 2. The summed E-state index contributed by atoms with van der Waals surface area (Å²) >= 11 is 5.06. The highest BCUT2D eigenvalue weighted by molar-refractivity contribution is 7.80. The number of nitrogens with zero attached hydrogens (tertiary/aromatic N) is 3. The molecule has 1 aromatic heterocycles. The minimum atomic E-state index is 0.0579. The van der Waals surface area contributed by atoms with Crippen LogP contribution >= 0.6 is 12.2 Å². The molecule has 1 unspecified atom stereocenters. The Labute approximate surface area is 99.4 Å². The molecule has 0 spiro atoms. The fraction of sp³-hybridized carbons (Fsp3) is 0.500. The zero-order valence-electron chi connectivity index (χ0n) is 9.09. The SMILES string of the molecule is CC(CN1C(=O)CNC1=S)Cn1ccnc1. The van der Waals surface area contributed by atoms with Gasteiger partial charge in [0.15, 0.2) is 5.11 Å². The van der Waals surface area contributed by atoms with Crippen LogP contribution in [0.4, 0.5) is 0 Å². The highest BCUT2D eigenvalue weighted by Crippen LogP contribution is 2.07. The molecule has 1 saturated heterocycles. The summed E-state index contributed by atoms with van der Waals surface area (Å²) in [6, 6.07) is 0. The molecule has 1 N–H and O–H groups in total. The van der Waals surface area contributed by atoms with Crippen LogP contribution in [0.25, 0.3) is 0 Å². The van der Waals surface area contributed by atoms with Crippen LogP contribution < -0.4 is 5.32 Å². The number of imidazole rings is 1. The molecule has 1 aliphatic rings. The molecule has 1 fully saturated rings. The summed E-state index contributed by atoms with van der Waals surface area (Å²) in [6.07, 6.45) is 5.44. The lowest BCUT2D eigenvalue weighted by Gasteiger charge is -2.20. The Hall–Kier alpha value is -1.43. The first-order chi connectivity index (χ1) is 7.66. The third kappa shape index (κ3) is 2.38. The van der Waals surface area contributed by atoms with Gasteiger partial charge in [-0.25, -0.2) is 4.98 Å². The topological polar surface area (TPSA) is 50.2 Å². The highest BCUT2D eigenvalue weighted by Gasteiger charge is 2.26. The summed E-state index contributed by atoms with van der Waals surface area (Å²) in [5.74, 6) is 0.401. The van der Waals surface area contributed by atoms with E-state index in [0.29, 0.717) is 24.1 Å². The second-order valence-electron chi connectivity index (χ2n) is 4.03. The molecule has 0 bridgehead atoms. The fourth-order valence-corrected chi connectivity index (χ4v) is 2.01. The molecule has 6 heteroatoms. The zero-order chi connectivity index (χ0) is 11.5. The molecular formula is C10H14N4OS. The molecule has 0 saturated carbocycles. The highest BCUT2D eigenvalue weighted by atomic mass is 32.1. The summed E-state index contributed by atoms with van der Waals surface area (Å²) in [5.41, 5.74) is 0. The maximum atomic E-state index is 11.5. The van der Waals surface area contributed by atoms with Crippen molar-refractivity contribution in [2.45, 2.75) is 13.5 Å². The molecular weight excluding hydrogens is 224 g/mol. The number of rotatable bonds is 4. The van der Waals surface area contributed by atoms with Crippen LogP contribution in [0.15, 0.2) is 18.7 Å². The van der Waals surface area contributed by atoms with Gasteiger partial charge >= 0.3 is 0 Å². The third-order valence-electron chi connectivity index (χ3n) is 2.51. The van der Waals surface area contributed by atoms with E-state index in [2.05, 4.69) is 17.2 Å². The lowest BCUT2D eigenvalue weighted by molar-refractivity contribution is -0.124. The summed E-state index contributed by atoms with van der Waals surface area (Å²) in [6.45, 7) is 3.92. The lowest BCUT2D eigenvalue weighted by atomic mass is 10.1. The van der Waals surface area contributed by atoms with Crippen molar-refractivity contribution in [2.24, 2.45) is 5.92 Å². The first-order valence-electron chi connectivity index (χ1n) is 5.20. The van der Waals surface area contributed by atoms with Gasteiger partial charge in [-0.05, 0) is 18.1 Å². The smallest absolute Gasteiger partial charge is 0.248 e. The van der Waals surface area contributed by atoms with E-state index in [1.807, 2.05) is 10.8 Å². The van der Waals surface area contributed by atoms with Crippen molar-refractivity contribution in [3.05, 3.63) is 18.7 Å². The predicted octanol–water partition coefficient (Wildman–Crippen LogP) is 0.236. The number of carbonyl (C=O) groups excluding carboxylic acids is 1. The molecule has 2 rings (SSSR count). The fourth-order valence-electron chi connectivity index (χ4n) is 1.76. The van der Waals surface area contributed by atoms with Crippen molar-refractivity contribution in [3.8, 4) is 0 Å². The monoisotopic (exact) mass is 238 g/mol. The van der Waals surface area contributed by atoms with Gasteiger partial charge in [-0.2, -0.15) is 0 Å². The zero-order valence-corrected chi connectivity index (χ0v) is 9.91. The van der Waals surface area contributed by atoms with Crippen molar-refractivity contribution in [2.75, 3.05) is 13.1 Å². The van der Waals surface area contributed by atoms with Gasteiger partial charge in [-0.15, -0.1) is 0 Å². The minimum absolute atomic E-state index is 0.0579. The Balaban J connectivity index is 1.89. The van der Waals surface area contributed by atoms with Crippen molar-refractivity contribution in [1.82, 2.24) is 19.8 Å². The maximum Gasteiger partial charge on any atom is 0.248 e. The third-order valence-corrected chi connectivity index (χ3v) is 2.88. The lowest BCUT2D eigenvalue weighted by Crippen LogP contribution is -2.35. The van der Waals surface area contributed by atoms with E-state index in [4.69, 9.17) is 12.2 Å². The van der Waals surface area contributed by atoms with E-state index in [1.165, 1.54) is 0 Å². The van der Waals surface area contributed by atoms with Gasteiger partial charge in [0.1, 0.15) is 0 Å². The second kappa shape index (κ2) is 4.61. The van der Waals surface area contributed by atoms with Crippen LogP contribution in [0.3, 0.4) is 0 Å². The Kier molecular flexibility index (Phi) is 3.19. The van der Waals surface area contributed by atoms with Gasteiger partial charge < -0.3 is 9.88 Å². The Bertz CT molecular complexity index is 374. The van der Waals surface area contributed by atoms with Crippen molar-refractivity contribution < 1.29 is 4.79 Å². The summed E-state index contributed by atoms with van der Waals surface area (Å²) in [7, 11) is 0. The quantitative estimate of drug-likeness (QED) is 0.763. The standard InChI is InChI=1S/C10H14N4OS/c1-8(5-13-3-2-11-7-13)6-14-9(15)4-12-10(14)16/h2-3,7-8H,4-6H2,1H3,(H,12,16). The number of hydrogen-bond donors (Lipinski definition) is 1. The van der Waals surface area contributed by atoms with Crippen LogP contribution in [0.5, 0.6) is 0 Å². The van der Waals surface area contributed by atoms with E-state index in [0.717, 1.165) is 6.54 Å². The first-order valence-corrected chi connectivity index (χ1v) is 5.61. The number of carbonyl (C=O) groups is 1. The van der Waals surface area contributed by atoms with Gasteiger partial charge in [0.05, 0.1) is 12.9 Å². The molecule has 0 radical (unpaired) electrons. The van der Waals surface area contributed by atoms with Crippen LogP contribution in [-0.2, 0) is 11.3 Å². The number of nitrogens with one attached hydrogen (secondary N) is 1. The first kappa shape index (κ1) is 11.1. The normalized spacial score (nSPS) is 17.7. The molecule has 1 aromatic rings. The number of thiocarbonyl (C=S) groups is 1.